The number of nitrogens with one attached hydrogen (secondary N) is 2. The number of aryl methyl sites for hydroxylation is 2. The number of benzene rings is 1. The van der Waals surface area contributed by atoms with Crippen LogP contribution in [0.5, 0.6) is 0 Å². The molecule has 0 aliphatic carbocycles. The van der Waals surface area contributed by atoms with Gasteiger partial charge in [0, 0.05) is 38.4 Å². The molecule has 4 aromatic rings. The van der Waals surface area contributed by atoms with Crippen LogP contribution in [0.4, 0.5) is 10.6 Å². The van der Waals surface area contributed by atoms with E-state index < -0.39 is 6.09 Å². The Hall–Kier alpha value is -3.33. The summed E-state index contributed by atoms with van der Waals surface area (Å²) >= 11 is 6.01. The molecule has 1 aromatic carbocycles. The lowest BCUT2D eigenvalue weighted by Crippen LogP contribution is -2.24. The number of ether oxygens (including phenoxy) is 1. The Morgan fingerprint density at radius 3 is 2.80 bits per heavy atom. The smallest absolute Gasteiger partial charge is 0.407 e. The number of aromatic nitrogens is 5. The van der Waals surface area contributed by atoms with E-state index in [9.17, 15) is 4.79 Å². The minimum absolute atomic E-state index is 0.173. The molecule has 0 bridgehead atoms. The largest absolute Gasteiger partial charge is 0.450 e. The van der Waals surface area contributed by atoms with Gasteiger partial charge in [0.1, 0.15) is 0 Å². The van der Waals surface area contributed by atoms with Crippen molar-refractivity contribution in [3.05, 3.63) is 47.6 Å². The van der Waals surface area contributed by atoms with Crippen molar-refractivity contribution >= 4 is 45.6 Å². The predicted octanol–water partition coefficient (Wildman–Crippen LogP) is 5.23. The Kier molecular flexibility index (Phi) is 8.07. The molecule has 186 valence electrons. The van der Waals surface area contributed by atoms with Crippen molar-refractivity contribution in [3.8, 4) is 0 Å². The maximum atomic E-state index is 12.2. The first-order chi connectivity index (χ1) is 16.9. The Morgan fingerprint density at radius 1 is 1.14 bits per heavy atom. The van der Waals surface area contributed by atoms with Gasteiger partial charge in [0.25, 0.3) is 0 Å². The van der Waals surface area contributed by atoms with Gasteiger partial charge >= 0.3 is 6.09 Å². The molecule has 0 unspecified atom stereocenters. The number of fused-ring (bicyclic) bond motifs is 2. The molecule has 3 aromatic heterocycles. The maximum Gasteiger partial charge on any atom is 0.407 e. The van der Waals surface area contributed by atoms with E-state index in [-0.39, 0.29) is 5.28 Å². The molecule has 0 aliphatic heterocycles. The summed E-state index contributed by atoms with van der Waals surface area (Å²) in [4.78, 5) is 24.9. The molecule has 0 aliphatic rings. The van der Waals surface area contributed by atoms with Crippen molar-refractivity contribution in [1.82, 2.24) is 29.4 Å². The van der Waals surface area contributed by atoms with Crippen LogP contribution in [0.15, 0.2) is 36.8 Å². The molecule has 4 rings (SSSR count). The Balaban J connectivity index is 1.21. The van der Waals surface area contributed by atoms with Crippen molar-refractivity contribution in [2.75, 3.05) is 19.0 Å². The van der Waals surface area contributed by atoms with Gasteiger partial charge in [0.2, 0.25) is 5.28 Å². The molecule has 0 saturated carbocycles. The molecule has 0 saturated heterocycles. The fourth-order valence-electron chi connectivity index (χ4n) is 3.96. The number of alkyl carbamates (subject to hydrolysis) is 1. The monoisotopic (exact) mass is 497 g/mol. The summed E-state index contributed by atoms with van der Waals surface area (Å²) in [5, 5.41) is 7.21. The zero-order valence-electron chi connectivity index (χ0n) is 20.4. The van der Waals surface area contributed by atoms with E-state index in [1.165, 1.54) is 10.9 Å². The summed E-state index contributed by atoms with van der Waals surface area (Å²) in [6.45, 7) is 6.92. The molecule has 0 radical (unpaired) electrons. The van der Waals surface area contributed by atoms with E-state index in [0.717, 1.165) is 31.4 Å². The summed E-state index contributed by atoms with van der Waals surface area (Å²) in [7, 11) is 1.77. The SMILES string of the molecule is CNc1nc(Cl)nc2c1ncn2CCCCOC(=O)NCc1ccc2ccn(CCC(C)C)c2c1. The maximum absolute atomic E-state index is 12.2. The van der Waals surface area contributed by atoms with Gasteiger partial charge in [-0.2, -0.15) is 9.97 Å². The third-order valence-electron chi connectivity index (χ3n) is 5.92. The molecule has 2 N–H and O–H groups in total. The lowest BCUT2D eigenvalue weighted by molar-refractivity contribution is 0.143. The van der Waals surface area contributed by atoms with Crippen LogP contribution in [-0.2, 0) is 24.4 Å². The first-order valence-electron chi connectivity index (χ1n) is 12.0. The second-order valence-corrected chi connectivity index (χ2v) is 9.32. The van der Waals surface area contributed by atoms with Crippen LogP contribution < -0.4 is 10.6 Å². The predicted molar refractivity (Wildman–Crippen MR) is 139 cm³/mol. The van der Waals surface area contributed by atoms with E-state index in [4.69, 9.17) is 16.3 Å². The van der Waals surface area contributed by atoms with Crippen molar-refractivity contribution in [3.63, 3.8) is 0 Å². The van der Waals surface area contributed by atoms with Gasteiger partial charge in [-0.05, 0) is 59.9 Å². The number of halogens is 1. The summed E-state index contributed by atoms with van der Waals surface area (Å²) in [6.07, 6.45) is 6.10. The zero-order chi connectivity index (χ0) is 24.8. The normalized spacial score (nSPS) is 11.5. The number of anilines is 1. The number of hydrogen-bond acceptors (Lipinski definition) is 6. The average molecular weight is 498 g/mol. The molecule has 0 atom stereocenters. The number of imidazole rings is 1. The Bertz CT molecular complexity index is 1300. The summed E-state index contributed by atoms with van der Waals surface area (Å²) in [5.74, 6) is 1.26. The van der Waals surface area contributed by atoms with Crippen LogP contribution in [0.3, 0.4) is 0 Å². The molecule has 1 amide bonds. The van der Waals surface area contributed by atoms with Gasteiger partial charge in [-0.15, -0.1) is 0 Å². The average Bonchev–Trinajstić information content (AvgIpc) is 3.44. The van der Waals surface area contributed by atoms with Gasteiger partial charge in [-0.25, -0.2) is 9.78 Å². The number of hydrogen-bond donors (Lipinski definition) is 2. The minimum Gasteiger partial charge on any atom is -0.450 e. The number of nitrogens with zero attached hydrogens (tertiary/aromatic N) is 5. The van der Waals surface area contributed by atoms with Gasteiger partial charge in [-0.1, -0.05) is 26.0 Å². The van der Waals surface area contributed by atoms with E-state index in [1.807, 2.05) is 10.6 Å². The van der Waals surface area contributed by atoms with Gasteiger partial charge in [0.05, 0.1) is 12.9 Å². The van der Waals surface area contributed by atoms with Gasteiger partial charge in [0.15, 0.2) is 17.0 Å². The van der Waals surface area contributed by atoms with Crippen LogP contribution in [0.25, 0.3) is 22.1 Å². The van der Waals surface area contributed by atoms with E-state index >= 15 is 0 Å². The molecule has 35 heavy (non-hydrogen) atoms. The van der Waals surface area contributed by atoms with Crippen molar-refractivity contribution < 1.29 is 9.53 Å². The van der Waals surface area contributed by atoms with Crippen LogP contribution in [0.2, 0.25) is 5.28 Å². The lowest BCUT2D eigenvalue weighted by atomic mass is 10.1. The number of carbonyl (C=O) groups excluding carboxylic acids is 1. The fourth-order valence-corrected chi connectivity index (χ4v) is 4.13. The van der Waals surface area contributed by atoms with E-state index in [2.05, 4.69) is 68.4 Å². The van der Waals surface area contributed by atoms with E-state index in [1.54, 1.807) is 13.4 Å². The highest BCUT2D eigenvalue weighted by molar-refractivity contribution is 6.28. The number of unbranched alkanes of at least 4 members (excludes halogenated alkanes) is 1. The van der Waals surface area contributed by atoms with Crippen molar-refractivity contribution in [2.24, 2.45) is 5.92 Å². The Labute approximate surface area is 209 Å². The first-order valence-corrected chi connectivity index (χ1v) is 12.4. The first kappa shape index (κ1) is 24.8. The summed E-state index contributed by atoms with van der Waals surface area (Å²) in [6, 6.07) is 8.41. The Morgan fingerprint density at radius 2 is 2.00 bits per heavy atom. The van der Waals surface area contributed by atoms with Crippen LogP contribution in [0.1, 0.15) is 38.7 Å². The quantitative estimate of drug-likeness (QED) is 0.217. The molecule has 0 fully saturated rings. The van der Waals surface area contributed by atoms with Crippen LogP contribution in [-0.4, -0.2) is 43.8 Å². The summed E-state index contributed by atoms with van der Waals surface area (Å²) < 4.78 is 9.56. The van der Waals surface area contributed by atoms with Crippen molar-refractivity contribution in [2.45, 2.75) is 52.7 Å². The molecule has 3 heterocycles. The van der Waals surface area contributed by atoms with E-state index in [0.29, 0.717) is 42.6 Å². The highest BCUT2D eigenvalue weighted by Gasteiger charge is 2.12. The molecular weight excluding hydrogens is 466 g/mol. The second-order valence-electron chi connectivity index (χ2n) is 8.98. The minimum atomic E-state index is -0.411. The standard InChI is InChI=1S/C25H32ClN7O2/c1-17(2)8-11-32-12-9-19-7-6-18(14-20(19)32)15-28-25(34)35-13-5-4-10-33-16-29-21-22(27-3)30-24(26)31-23(21)33/h6-7,9,12,14,16-17H,4-5,8,10-11,13,15H2,1-3H3,(H,28,34)(H,27,30,31). The second kappa shape index (κ2) is 11.4. The lowest BCUT2D eigenvalue weighted by Gasteiger charge is -2.10. The van der Waals surface area contributed by atoms with Gasteiger partial charge in [-0.3, -0.25) is 0 Å². The van der Waals surface area contributed by atoms with Crippen molar-refractivity contribution in [1.29, 1.82) is 0 Å². The third kappa shape index (κ3) is 6.22. The molecule has 0 spiro atoms. The van der Waals surface area contributed by atoms with Crippen LogP contribution in [0, 0.1) is 5.92 Å². The highest BCUT2D eigenvalue weighted by Crippen LogP contribution is 2.21. The third-order valence-corrected chi connectivity index (χ3v) is 6.09. The molecule has 9 nitrogen and oxygen atoms in total. The van der Waals surface area contributed by atoms with Crippen LogP contribution >= 0.6 is 11.6 Å². The molecular formula is C25H32ClN7O2. The fraction of sp³-hybridized carbons (Fsp3) is 0.440. The number of carbonyl (C=O) groups is 1. The number of rotatable bonds is 11. The highest BCUT2D eigenvalue weighted by atomic mass is 35.5. The summed E-state index contributed by atoms with van der Waals surface area (Å²) in [5.41, 5.74) is 3.60. The zero-order valence-corrected chi connectivity index (χ0v) is 21.2. The number of amides is 1. The topological polar surface area (TPSA) is 98.9 Å². The van der Waals surface area contributed by atoms with Gasteiger partial charge < -0.3 is 24.5 Å². The molecule has 10 heteroatoms.